The van der Waals surface area contributed by atoms with Gasteiger partial charge in [-0.1, -0.05) is 25.3 Å². The molecule has 9 nitrogen and oxygen atoms in total. The van der Waals surface area contributed by atoms with Crippen molar-refractivity contribution < 1.29 is 13.9 Å². The molecule has 0 unspecified atom stereocenters. The van der Waals surface area contributed by atoms with Gasteiger partial charge in [0, 0.05) is 33.9 Å². The third-order valence-corrected chi connectivity index (χ3v) is 1.41. The van der Waals surface area contributed by atoms with Crippen molar-refractivity contribution in [3.63, 3.8) is 0 Å². The van der Waals surface area contributed by atoms with E-state index in [1.807, 2.05) is 0 Å². The first-order chi connectivity index (χ1) is 7.97. The number of hydroxylamine groups is 2. The number of nitrogens with one attached hydrogen (secondary N) is 2. The molecule has 116 valence electrons. The molecular weight excluding hydrogens is 272 g/mol. The molecule has 0 fully saturated rings. The molecule has 0 saturated heterocycles. The Morgan fingerprint density at radius 1 is 1.47 bits per heavy atom. The Hall–Kier alpha value is -1.23. The molecule has 1 amide bonds. The summed E-state index contributed by atoms with van der Waals surface area (Å²) in [7, 11) is 4.67. The van der Waals surface area contributed by atoms with Crippen molar-refractivity contribution in [3.8, 4) is 0 Å². The summed E-state index contributed by atoms with van der Waals surface area (Å²) in [5.74, 6) is 0.681. The van der Waals surface area contributed by atoms with Crippen molar-refractivity contribution in [2.75, 3.05) is 21.2 Å². The number of aromatic nitrogens is 4. The van der Waals surface area contributed by atoms with Crippen LogP contribution < -0.4 is 5.32 Å². The molecule has 0 aliphatic carbocycles. The Labute approximate surface area is 120 Å². The number of hydrogen-bond donors (Lipinski definition) is 3. The molecule has 19 heavy (non-hydrogen) atoms. The number of hydrogen-bond acceptors (Lipinski definition) is 8. The summed E-state index contributed by atoms with van der Waals surface area (Å²) in [4.78, 5) is 14.1. The molecule has 0 aromatic carbocycles. The SMILES string of the molecule is C.C.CNC(C)=O.CON(C)OS.Cc1nn[nH]n1. The van der Waals surface area contributed by atoms with E-state index in [4.69, 9.17) is 0 Å². The van der Waals surface area contributed by atoms with Gasteiger partial charge < -0.3 is 5.32 Å². The van der Waals surface area contributed by atoms with E-state index in [9.17, 15) is 4.79 Å². The van der Waals surface area contributed by atoms with Crippen LogP contribution in [0.4, 0.5) is 0 Å². The molecular formula is C9H26N6O3S. The zero-order chi connectivity index (χ0) is 13.7. The molecule has 10 heteroatoms. The number of nitrogens with zero attached hydrogens (tertiary/aromatic N) is 4. The lowest BCUT2D eigenvalue weighted by Gasteiger charge is -2.05. The van der Waals surface area contributed by atoms with Gasteiger partial charge in [0.15, 0.2) is 5.82 Å². The Bertz CT molecular complexity index is 269. The third-order valence-electron chi connectivity index (χ3n) is 1.18. The van der Waals surface area contributed by atoms with E-state index < -0.39 is 0 Å². The van der Waals surface area contributed by atoms with Gasteiger partial charge in [-0.25, -0.2) is 4.28 Å². The second kappa shape index (κ2) is 19.1. The number of aromatic amines is 1. The fourth-order valence-corrected chi connectivity index (χ4v) is 0.312. The van der Waals surface area contributed by atoms with Gasteiger partial charge in [-0.05, 0) is 6.92 Å². The summed E-state index contributed by atoms with van der Waals surface area (Å²) >= 11 is 3.40. The number of carbonyl (C=O) groups excluding carboxylic acids is 1. The first kappa shape index (κ1) is 26.4. The summed E-state index contributed by atoms with van der Waals surface area (Å²) in [5, 5.41) is 16.2. The number of rotatable bonds is 2. The maximum absolute atomic E-state index is 9.70. The zero-order valence-electron chi connectivity index (χ0n) is 10.5. The predicted octanol–water partition coefficient (Wildman–Crippen LogP) is 0.789. The van der Waals surface area contributed by atoms with Gasteiger partial charge in [-0.3, -0.25) is 9.63 Å². The lowest BCUT2D eigenvalue weighted by molar-refractivity contribution is -0.274. The van der Waals surface area contributed by atoms with Gasteiger partial charge in [0.05, 0.1) is 7.11 Å². The largest absolute Gasteiger partial charge is 0.359 e. The summed E-state index contributed by atoms with van der Waals surface area (Å²) in [6.45, 7) is 3.24. The van der Waals surface area contributed by atoms with Crippen LogP contribution in [0.1, 0.15) is 27.6 Å². The number of tetrazole rings is 1. The molecule has 0 aliphatic heterocycles. The van der Waals surface area contributed by atoms with E-state index in [-0.39, 0.29) is 20.8 Å². The van der Waals surface area contributed by atoms with Gasteiger partial charge in [-0.15, -0.1) is 10.2 Å². The highest BCUT2D eigenvalue weighted by atomic mass is 32.1. The van der Waals surface area contributed by atoms with Gasteiger partial charge in [-0.2, -0.15) is 5.21 Å². The Balaban J connectivity index is -0.0000000849. The van der Waals surface area contributed by atoms with Crippen LogP contribution in [0.15, 0.2) is 0 Å². The maximum Gasteiger partial charge on any atom is 0.216 e. The lowest BCUT2D eigenvalue weighted by atomic mass is 10.7. The lowest BCUT2D eigenvalue weighted by Crippen LogP contribution is -2.11. The molecule has 0 saturated carbocycles. The predicted molar refractivity (Wildman–Crippen MR) is 77.0 cm³/mol. The normalized spacial score (nSPS) is 7.74. The minimum atomic E-state index is 0. The van der Waals surface area contributed by atoms with Crippen molar-refractivity contribution in [2.45, 2.75) is 28.7 Å². The van der Waals surface area contributed by atoms with Crippen LogP contribution >= 0.6 is 12.9 Å². The molecule has 0 aliphatic rings. The zero-order valence-corrected chi connectivity index (χ0v) is 11.4. The fraction of sp³-hybridized carbons (Fsp3) is 0.778. The standard InChI is InChI=1S/C3H7NO.C2H4N4.C2H7NO2S.2CH4/c1-3(5)4-2;1-2-3-5-6-4-2;1-3(4-2)5-6;;/h1-2H3,(H,4,5);1H3,(H,3,4,5,6);6H,1-2H3;2*1H4. The first-order valence-corrected chi connectivity index (χ1v) is 4.82. The number of aryl methyl sites for hydroxylation is 1. The topological polar surface area (TPSA) is 105 Å². The van der Waals surface area contributed by atoms with Crippen molar-refractivity contribution >= 4 is 18.8 Å². The summed E-state index contributed by atoms with van der Waals surface area (Å²) in [6.07, 6.45) is 0. The quantitative estimate of drug-likeness (QED) is 0.421. The molecule has 0 atom stereocenters. The second-order valence-electron chi connectivity index (χ2n) is 2.47. The average Bonchev–Trinajstić information content (AvgIpc) is 2.80. The summed E-state index contributed by atoms with van der Waals surface area (Å²) in [5.41, 5.74) is 0. The van der Waals surface area contributed by atoms with E-state index in [1.54, 1.807) is 21.0 Å². The number of carbonyl (C=O) groups is 1. The Morgan fingerprint density at radius 3 is 2.00 bits per heavy atom. The Kier molecular flexibility index (Phi) is 26.5. The Morgan fingerprint density at radius 2 is 1.95 bits per heavy atom. The van der Waals surface area contributed by atoms with Crippen molar-refractivity contribution in [2.24, 2.45) is 0 Å². The van der Waals surface area contributed by atoms with Crippen LogP contribution in [0.5, 0.6) is 0 Å². The summed E-state index contributed by atoms with van der Waals surface area (Å²) < 4.78 is 4.20. The first-order valence-electron chi connectivity index (χ1n) is 4.45. The minimum Gasteiger partial charge on any atom is -0.359 e. The van der Waals surface area contributed by atoms with Gasteiger partial charge in [0.25, 0.3) is 0 Å². The molecule has 1 aromatic heterocycles. The molecule has 1 heterocycles. The molecule has 1 aromatic rings. The van der Waals surface area contributed by atoms with Gasteiger partial charge in [0.1, 0.15) is 0 Å². The van der Waals surface area contributed by atoms with Crippen molar-refractivity contribution in [1.82, 2.24) is 31.2 Å². The van der Waals surface area contributed by atoms with Crippen LogP contribution in [0.3, 0.4) is 0 Å². The van der Waals surface area contributed by atoms with Crippen LogP contribution in [-0.2, 0) is 13.9 Å². The third kappa shape index (κ3) is 26.4. The van der Waals surface area contributed by atoms with Crippen LogP contribution in [0, 0.1) is 6.92 Å². The number of H-pyrrole nitrogens is 1. The van der Waals surface area contributed by atoms with Crippen LogP contribution in [0.25, 0.3) is 0 Å². The fourth-order valence-electron chi connectivity index (χ4n) is 0.245. The number of amides is 1. The maximum atomic E-state index is 9.70. The minimum absolute atomic E-state index is 0. The van der Waals surface area contributed by atoms with Gasteiger partial charge in [0.2, 0.25) is 5.91 Å². The second-order valence-corrected chi connectivity index (χ2v) is 2.63. The highest BCUT2D eigenvalue weighted by molar-refractivity contribution is 7.75. The van der Waals surface area contributed by atoms with E-state index in [2.05, 4.69) is 48.0 Å². The smallest absolute Gasteiger partial charge is 0.216 e. The molecule has 2 N–H and O–H groups in total. The van der Waals surface area contributed by atoms with E-state index in [1.165, 1.54) is 14.0 Å². The highest BCUT2D eigenvalue weighted by Gasteiger charge is 1.83. The molecule has 0 bridgehead atoms. The van der Waals surface area contributed by atoms with Crippen molar-refractivity contribution in [1.29, 1.82) is 0 Å². The van der Waals surface area contributed by atoms with Crippen LogP contribution in [0.2, 0.25) is 0 Å². The molecule has 0 spiro atoms. The highest BCUT2D eigenvalue weighted by Crippen LogP contribution is 1.83. The number of thiol groups is 1. The van der Waals surface area contributed by atoms with Gasteiger partial charge >= 0.3 is 0 Å². The monoisotopic (exact) mass is 298 g/mol. The van der Waals surface area contributed by atoms with E-state index in [0.29, 0.717) is 5.82 Å². The van der Waals surface area contributed by atoms with Crippen LogP contribution in [-0.4, -0.2) is 53.0 Å². The molecule has 0 radical (unpaired) electrons. The van der Waals surface area contributed by atoms with E-state index >= 15 is 0 Å². The van der Waals surface area contributed by atoms with E-state index in [0.717, 1.165) is 5.23 Å². The average molecular weight is 298 g/mol. The van der Waals surface area contributed by atoms with Crippen molar-refractivity contribution in [3.05, 3.63) is 5.82 Å². The molecule has 1 rings (SSSR count). The summed E-state index contributed by atoms with van der Waals surface area (Å²) in [6, 6.07) is 0.